The quantitative estimate of drug-likeness (QED) is 0.750. The Kier molecular flexibility index (Phi) is 2.57. The fraction of sp³-hybridized carbons (Fsp3) is 0.500. The summed E-state index contributed by atoms with van der Waals surface area (Å²) in [5, 5.41) is 8.93. The highest BCUT2D eigenvalue weighted by Gasteiger charge is 2.30. The fourth-order valence-corrected chi connectivity index (χ4v) is 2.24. The molecular weight excluding hydrogens is 174 g/mol. The van der Waals surface area contributed by atoms with Crippen molar-refractivity contribution >= 4 is 0 Å². The minimum atomic E-state index is -0.103. The molecule has 0 aromatic heterocycles. The van der Waals surface area contributed by atoms with Gasteiger partial charge >= 0.3 is 0 Å². The number of nitrogens with two attached hydrogens (primary N) is 1. The van der Waals surface area contributed by atoms with Crippen LogP contribution in [-0.2, 0) is 12.1 Å². The molecule has 0 amide bonds. The largest absolute Gasteiger partial charge is 0.392 e. The van der Waals surface area contributed by atoms with Crippen LogP contribution >= 0.6 is 0 Å². The highest BCUT2D eigenvalue weighted by molar-refractivity contribution is 5.28. The van der Waals surface area contributed by atoms with Gasteiger partial charge < -0.3 is 10.8 Å². The molecule has 2 rings (SSSR count). The summed E-state index contributed by atoms with van der Waals surface area (Å²) in [4.78, 5) is 0. The molecule has 14 heavy (non-hydrogen) atoms. The zero-order valence-corrected chi connectivity index (χ0v) is 8.37. The third-order valence-corrected chi connectivity index (χ3v) is 3.21. The van der Waals surface area contributed by atoms with Crippen LogP contribution in [0.4, 0.5) is 0 Å². The van der Waals surface area contributed by atoms with Crippen molar-refractivity contribution in [2.45, 2.75) is 37.8 Å². The molecule has 76 valence electrons. The third kappa shape index (κ3) is 1.68. The first-order valence-electron chi connectivity index (χ1n) is 5.24. The van der Waals surface area contributed by atoms with Gasteiger partial charge in [-0.1, -0.05) is 37.1 Å². The van der Waals surface area contributed by atoms with Crippen LogP contribution in [0, 0.1) is 0 Å². The lowest BCUT2D eigenvalue weighted by molar-refractivity contribution is 0.281. The topological polar surface area (TPSA) is 46.2 Å². The van der Waals surface area contributed by atoms with Crippen molar-refractivity contribution in [2.24, 2.45) is 5.73 Å². The van der Waals surface area contributed by atoms with Gasteiger partial charge in [0.2, 0.25) is 0 Å². The molecule has 0 atom stereocenters. The first kappa shape index (κ1) is 9.69. The van der Waals surface area contributed by atoms with Gasteiger partial charge in [0.1, 0.15) is 0 Å². The van der Waals surface area contributed by atoms with E-state index in [4.69, 9.17) is 10.8 Å². The van der Waals surface area contributed by atoms with Gasteiger partial charge in [0.15, 0.2) is 0 Å². The van der Waals surface area contributed by atoms with Crippen molar-refractivity contribution < 1.29 is 5.11 Å². The number of hydrogen-bond acceptors (Lipinski definition) is 2. The van der Waals surface area contributed by atoms with Crippen molar-refractivity contribution in [1.82, 2.24) is 0 Å². The Balaban J connectivity index is 2.23. The predicted molar refractivity (Wildman–Crippen MR) is 56.7 cm³/mol. The van der Waals surface area contributed by atoms with Crippen LogP contribution in [0.1, 0.15) is 36.8 Å². The second kappa shape index (κ2) is 3.71. The average molecular weight is 191 g/mol. The van der Waals surface area contributed by atoms with Crippen molar-refractivity contribution in [1.29, 1.82) is 0 Å². The minimum absolute atomic E-state index is 0.103. The summed E-state index contributed by atoms with van der Waals surface area (Å²) in [6, 6.07) is 8.03. The van der Waals surface area contributed by atoms with E-state index in [0.29, 0.717) is 0 Å². The number of aliphatic hydroxyl groups is 1. The molecule has 2 heteroatoms. The minimum Gasteiger partial charge on any atom is -0.392 e. The summed E-state index contributed by atoms with van der Waals surface area (Å²) in [5.74, 6) is 0. The van der Waals surface area contributed by atoms with Crippen LogP contribution in [0.15, 0.2) is 24.3 Å². The molecule has 0 heterocycles. The Hall–Kier alpha value is -0.860. The molecule has 0 unspecified atom stereocenters. The van der Waals surface area contributed by atoms with Gasteiger partial charge in [-0.25, -0.2) is 0 Å². The molecule has 1 aromatic rings. The maximum Gasteiger partial charge on any atom is 0.0681 e. The van der Waals surface area contributed by atoms with Crippen LogP contribution in [0.2, 0.25) is 0 Å². The summed E-state index contributed by atoms with van der Waals surface area (Å²) in [6.45, 7) is 0.109. The van der Waals surface area contributed by atoms with Gasteiger partial charge in [-0.2, -0.15) is 0 Å². The van der Waals surface area contributed by atoms with Crippen LogP contribution in [-0.4, -0.2) is 5.11 Å². The van der Waals surface area contributed by atoms with Gasteiger partial charge in [-0.15, -0.1) is 0 Å². The summed E-state index contributed by atoms with van der Waals surface area (Å²) in [6.07, 6.45) is 4.65. The van der Waals surface area contributed by atoms with E-state index >= 15 is 0 Å². The number of rotatable bonds is 2. The smallest absolute Gasteiger partial charge is 0.0681 e. The predicted octanol–water partition coefficient (Wildman–Crippen LogP) is 1.91. The number of benzene rings is 1. The fourth-order valence-electron chi connectivity index (χ4n) is 2.24. The van der Waals surface area contributed by atoms with Gasteiger partial charge in [-0.05, 0) is 24.0 Å². The Bertz CT molecular complexity index is 299. The molecule has 1 aliphatic carbocycles. The zero-order valence-electron chi connectivity index (χ0n) is 8.37. The summed E-state index contributed by atoms with van der Waals surface area (Å²) >= 11 is 0. The molecule has 0 saturated heterocycles. The summed E-state index contributed by atoms with van der Waals surface area (Å²) in [5.41, 5.74) is 8.38. The van der Waals surface area contributed by atoms with Crippen molar-refractivity contribution in [3.63, 3.8) is 0 Å². The lowest BCUT2D eigenvalue weighted by atomic mass is 9.89. The number of aliphatic hydroxyl groups excluding tert-OH is 1. The van der Waals surface area contributed by atoms with Crippen molar-refractivity contribution in [3.8, 4) is 0 Å². The first-order valence-corrected chi connectivity index (χ1v) is 5.24. The molecule has 1 aromatic carbocycles. The number of hydrogen-bond donors (Lipinski definition) is 2. The van der Waals surface area contributed by atoms with Crippen LogP contribution in [0.25, 0.3) is 0 Å². The van der Waals surface area contributed by atoms with Crippen LogP contribution in [0.3, 0.4) is 0 Å². The molecule has 0 radical (unpaired) electrons. The van der Waals surface area contributed by atoms with E-state index < -0.39 is 0 Å². The lowest BCUT2D eigenvalue weighted by Crippen LogP contribution is -2.32. The molecular formula is C12H17NO. The Morgan fingerprint density at radius 3 is 2.21 bits per heavy atom. The van der Waals surface area contributed by atoms with E-state index in [-0.39, 0.29) is 12.1 Å². The highest BCUT2D eigenvalue weighted by atomic mass is 16.3. The lowest BCUT2D eigenvalue weighted by Gasteiger charge is -2.24. The summed E-state index contributed by atoms with van der Waals surface area (Å²) in [7, 11) is 0. The zero-order chi connectivity index (χ0) is 10.0. The van der Waals surface area contributed by atoms with Crippen LogP contribution in [0.5, 0.6) is 0 Å². The summed E-state index contributed by atoms with van der Waals surface area (Å²) < 4.78 is 0. The SMILES string of the molecule is NC1(c2ccc(CO)cc2)CCCC1. The monoisotopic (exact) mass is 191 g/mol. The maximum atomic E-state index is 8.93. The van der Waals surface area contributed by atoms with Crippen molar-refractivity contribution in [2.75, 3.05) is 0 Å². The normalized spacial score (nSPS) is 19.9. The Morgan fingerprint density at radius 2 is 1.71 bits per heavy atom. The molecule has 0 bridgehead atoms. The van der Waals surface area contributed by atoms with Gasteiger partial charge in [0, 0.05) is 5.54 Å². The van der Waals surface area contributed by atoms with E-state index in [1.807, 2.05) is 12.1 Å². The molecule has 1 fully saturated rings. The Morgan fingerprint density at radius 1 is 1.14 bits per heavy atom. The second-order valence-corrected chi connectivity index (χ2v) is 4.22. The standard InChI is InChI=1S/C12H17NO/c13-12(7-1-2-8-12)11-5-3-10(9-14)4-6-11/h3-6,14H,1-2,7-9,13H2. The first-order chi connectivity index (χ1) is 6.74. The highest BCUT2D eigenvalue weighted by Crippen LogP contribution is 2.36. The van der Waals surface area contributed by atoms with E-state index in [1.165, 1.54) is 18.4 Å². The Labute approximate surface area is 84.7 Å². The molecule has 0 aliphatic heterocycles. The average Bonchev–Trinajstić information content (AvgIpc) is 2.67. The molecule has 0 spiro atoms. The second-order valence-electron chi connectivity index (χ2n) is 4.22. The third-order valence-electron chi connectivity index (χ3n) is 3.21. The van der Waals surface area contributed by atoms with E-state index in [2.05, 4.69) is 12.1 Å². The molecule has 3 N–H and O–H groups in total. The van der Waals surface area contributed by atoms with Crippen molar-refractivity contribution in [3.05, 3.63) is 35.4 Å². The maximum absolute atomic E-state index is 8.93. The van der Waals surface area contributed by atoms with Gasteiger partial charge in [0.05, 0.1) is 6.61 Å². The van der Waals surface area contributed by atoms with Gasteiger partial charge in [-0.3, -0.25) is 0 Å². The van der Waals surface area contributed by atoms with E-state index in [1.54, 1.807) is 0 Å². The molecule has 1 saturated carbocycles. The van der Waals surface area contributed by atoms with E-state index in [0.717, 1.165) is 18.4 Å². The van der Waals surface area contributed by atoms with Crippen LogP contribution < -0.4 is 5.73 Å². The van der Waals surface area contributed by atoms with Gasteiger partial charge in [0.25, 0.3) is 0 Å². The molecule has 2 nitrogen and oxygen atoms in total. The molecule has 1 aliphatic rings. The van der Waals surface area contributed by atoms with E-state index in [9.17, 15) is 0 Å².